The van der Waals surface area contributed by atoms with E-state index in [2.05, 4.69) is 0 Å². The standard InChI is InChI=1S/C11H12O2S/c1-2-14-10(8-11(12)13)9-6-4-3-5-7-9/h3-8H,2H2,1H3,(H,12,13). The lowest BCUT2D eigenvalue weighted by molar-refractivity contribution is -0.131. The maximum atomic E-state index is 10.6. The molecule has 0 saturated heterocycles. The number of carbonyl (C=O) groups is 1. The summed E-state index contributed by atoms with van der Waals surface area (Å²) in [6.07, 6.45) is 1.25. The molecule has 1 aromatic rings. The normalized spacial score (nSPS) is 11.4. The Balaban J connectivity index is 2.94. The fraction of sp³-hybridized carbons (Fsp3) is 0.182. The molecule has 0 aliphatic carbocycles. The lowest BCUT2D eigenvalue weighted by Gasteiger charge is -2.03. The SMILES string of the molecule is CCSC(=CC(=O)O)c1ccccc1. The summed E-state index contributed by atoms with van der Waals surface area (Å²) >= 11 is 1.54. The topological polar surface area (TPSA) is 37.3 Å². The molecular weight excluding hydrogens is 196 g/mol. The molecule has 0 aliphatic rings. The summed E-state index contributed by atoms with van der Waals surface area (Å²) in [7, 11) is 0. The van der Waals surface area contributed by atoms with Gasteiger partial charge in [0, 0.05) is 11.0 Å². The molecule has 1 rings (SSSR count). The van der Waals surface area contributed by atoms with Crippen molar-refractivity contribution in [1.82, 2.24) is 0 Å². The average molecular weight is 208 g/mol. The Bertz CT molecular complexity index is 330. The number of rotatable bonds is 4. The first-order valence-corrected chi connectivity index (χ1v) is 5.35. The van der Waals surface area contributed by atoms with Crippen LogP contribution in [0.4, 0.5) is 0 Å². The molecule has 0 aromatic heterocycles. The summed E-state index contributed by atoms with van der Waals surface area (Å²) in [5, 5.41) is 8.68. The zero-order chi connectivity index (χ0) is 10.4. The van der Waals surface area contributed by atoms with Crippen molar-refractivity contribution in [2.24, 2.45) is 0 Å². The second kappa shape index (κ2) is 5.50. The maximum Gasteiger partial charge on any atom is 0.329 e. The minimum absolute atomic E-state index is 0.806. The predicted molar refractivity (Wildman–Crippen MR) is 60.2 cm³/mol. The molecule has 14 heavy (non-hydrogen) atoms. The summed E-state index contributed by atoms with van der Waals surface area (Å²) < 4.78 is 0. The van der Waals surface area contributed by atoms with Crippen LogP contribution < -0.4 is 0 Å². The van der Waals surface area contributed by atoms with Crippen LogP contribution in [0.5, 0.6) is 0 Å². The quantitative estimate of drug-likeness (QED) is 0.773. The molecule has 0 saturated carbocycles. The smallest absolute Gasteiger partial charge is 0.329 e. The monoisotopic (exact) mass is 208 g/mol. The number of aliphatic carboxylic acids is 1. The van der Waals surface area contributed by atoms with Crippen molar-refractivity contribution in [3.05, 3.63) is 42.0 Å². The first-order chi connectivity index (χ1) is 6.74. The third-order valence-electron chi connectivity index (χ3n) is 1.61. The van der Waals surface area contributed by atoms with Gasteiger partial charge in [-0.15, -0.1) is 11.8 Å². The maximum absolute atomic E-state index is 10.6. The summed E-state index contributed by atoms with van der Waals surface area (Å²) in [6, 6.07) is 9.55. The molecule has 1 aromatic carbocycles. The Hall–Kier alpha value is -1.22. The van der Waals surface area contributed by atoms with Gasteiger partial charge < -0.3 is 5.11 Å². The number of benzene rings is 1. The molecule has 0 aliphatic heterocycles. The van der Waals surface area contributed by atoms with E-state index in [1.165, 1.54) is 17.8 Å². The zero-order valence-corrected chi connectivity index (χ0v) is 8.75. The average Bonchev–Trinajstić information content (AvgIpc) is 2.18. The van der Waals surface area contributed by atoms with E-state index >= 15 is 0 Å². The molecule has 0 unspecified atom stereocenters. The van der Waals surface area contributed by atoms with Gasteiger partial charge in [-0.3, -0.25) is 0 Å². The summed E-state index contributed by atoms with van der Waals surface area (Å²) in [4.78, 5) is 11.4. The van der Waals surface area contributed by atoms with Crippen LogP contribution in [0.15, 0.2) is 36.4 Å². The van der Waals surface area contributed by atoms with E-state index in [0.717, 1.165) is 16.2 Å². The van der Waals surface area contributed by atoms with Crippen molar-refractivity contribution < 1.29 is 9.90 Å². The molecule has 0 amide bonds. The van der Waals surface area contributed by atoms with Crippen LogP contribution in [0, 0.1) is 0 Å². The first kappa shape index (κ1) is 10.9. The largest absolute Gasteiger partial charge is 0.478 e. The van der Waals surface area contributed by atoms with Crippen molar-refractivity contribution in [2.45, 2.75) is 6.92 Å². The molecule has 0 heterocycles. The fourth-order valence-corrected chi connectivity index (χ4v) is 1.88. The van der Waals surface area contributed by atoms with Crippen LogP contribution in [0.3, 0.4) is 0 Å². The van der Waals surface area contributed by atoms with Gasteiger partial charge in [0.1, 0.15) is 0 Å². The van der Waals surface area contributed by atoms with Gasteiger partial charge in [-0.25, -0.2) is 4.79 Å². The van der Waals surface area contributed by atoms with Crippen LogP contribution in [0.25, 0.3) is 4.91 Å². The highest BCUT2D eigenvalue weighted by Gasteiger charge is 2.02. The summed E-state index contributed by atoms with van der Waals surface area (Å²) in [5.74, 6) is -0.0293. The number of thioether (sulfide) groups is 1. The van der Waals surface area contributed by atoms with Crippen molar-refractivity contribution in [1.29, 1.82) is 0 Å². The van der Waals surface area contributed by atoms with E-state index < -0.39 is 5.97 Å². The number of carboxylic acids is 1. The molecule has 1 N–H and O–H groups in total. The van der Waals surface area contributed by atoms with Crippen molar-refractivity contribution in [2.75, 3.05) is 5.75 Å². The Labute approximate surface area is 87.6 Å². The summed E-state index contributed by atoms with van der Waals surface area (Å²) in [5.41, 5.74) is 0.960. The Morgan fingerprint density at radius 3 is 2.57 bits per heavy atom. The number of hydrogen-bond acceptors (Lipinski definition) is 2. The third kappa shape index (κ3) is 3.26. The van der Waals surface area contributed by atoms with E-state index in [1.54, 1.807) is 0 Å². The highest BCUT2D eigenvalue weighted by atomic mass is 32.2. The zero-order valence-electron chi connectivity index (χ0n) is 7.93. The van der Waals surface area contributed by atoms with Crippen LogP contribution in [0.2, 0.25) is 0 Å². The Morgan fingerprint density at radius 1 is 1.43 bits per heavy atom. The van der Waals surface area contributed by atoms with E-state index in [1.807, 2.05) is 37.3 Å². The molecule has 3 heteroatoms. The van der Waals surface area contributed by atoms with Gasteiger partial charge in [0.05, 0.1) is 0 Å². The van der Waals surface area contributed by atoms with Gasteiger partial charge in [-0.2, -0.15) is 0 Å². The molecule has 0 fully saturated rings. The molecule has 74 valence electrons. The predicted octanol–water partition coefficient (Wildman–Crippen LogP) is 2.87. The van der Waals surface area contributed by atoms with Crippen molar-refractivity contribution in [3.63, 3.8) is 0 Å². The van der Waals surface area contributed by atoms with Gasteiger partial charge in [0.15, 0.2) is 0 Å². The second-order valence-electron chi connectivity index (χ2n) is 2.65. The third-order valence-corrected chi connectivity index (χ3v) is 2.57. The minimum atomic E-state index is -0.898. The van der Waals surface area contributed by atoms with Crippen LogP contribution >= 0.6 is 11.8 Å². The van der Waals surface area contributed by atoms with Crippen molar-refractivity contribution >= 4 is 22.6 Å². The molecule has 2 nitrogen and oxygen atoms in total. The first-order valence-electron chi connectivity index (χ1n) is 4.37. The lowest BCUT2D eigenvalue weighted by Crippen LogP contribution is -1.90. The Kier molecular flexibility index (Phi) is 4.26. The van der Waals surface area contributed by atoms with E-state index in [4.69, 9.17) is 5.11 Å². The lowest BCUT2D eigenvalue weighted by atomic mass is 10.2. The summed E-state index contributed by atoms with van der Waals surface area (Å²) in [6.45, 7) is 2.00. The second-order valence-corrected chi connectivity index (χ2v) is 3.95. The van der Waals surface area contributed by atoms with Crippen molar-refractivity contribution in [3.8, 4) is 0 Å². The van der Waals surface area contributed by atoms with Crippen LogP contribution in [-0.4, -0.2) is 16.8 Å². The van der Waals surface area contributed by atoms with Crippen LogP contribution in [-0.2, 0) is 4.79 Å². The molecule has 0 spiro atoms. The number of hydrogen-bond donors (Lipinski definition) is 1. The molecule has 0 atom stereocenters. The minimum Gasteiger partial charge on any atom is -0.478 e. The Morgan fingerprint density at radius 2 is 2.07 bits per heavy atom. The van der Waals surface area contributed by atoms with Gasteiger partial charge >= 0.3 is 5.97 Å². The molecular formula is C11H12O2S. The van der Waals surface area contributed by atoms with E-state index in [9.17, 15) is 4.79 Å². The number of carboxylic acid groups (broad SMARTS) is 1. The fourth-order valence-electron chi connectivity index (χ4n) is 1.08. The van der Waals surface area contributed by atoms with Gasteiger partial charge in [0.2, 0.25) is 0 Å². The van der Waals surface area contributed by atoms with Crippen LogP contribution in [0.1, 0.15) is 12.5 Å². The van der Waals surface area contributed by atoms with E-state index in [0.29, 0.717) is 0 Å². The molecule has 0 bridgehead atoms. The highest BCUT2D eigenvalue weighted by molar-refractivity contribution is 8.08. The van der Waals surface area contributed by atoms with Gasteiger partial charge in [-0.1, -0.05) is 37.3 Å². The highest BCUT2D eigenvalue weighted by Crippen LogP contribution is 2.26. The molecule has 0 radical (unpaired) electrons. The van der Waals surface area contributed by atoms with Gasteiger partial charge in [0.25, 0.3) is 0 Å². The van der Waals surface area contributed by atoms with E-state index in [-0.39, 0.29) is 0 Å². The van der Waals surface area contributed by atoms with Gasteiger partial charge in [-0.05, 0) is 11.3 Å².